The third kappa shape index (κ3) is 3.82. The molecule has 1 heterocycles. The van der Waals surface area contributed by atoms with Gasteiger partial charge in [0, 0.05) is 25.3 Å². The third-order valence-corrected chi connectivity index (χ3v) is 2.63. The SMILES string of the molecule is CN(C)c1ccc(-c2ccc(C(N)=NO)o2)cc1.Cl.Cl. The van der Waals surface area contributed by atoms with Crippen molar-refractivity contribution in [2.45, 2.75) is 0 Å². The van der Waals surface area contributed by atoms with Gasteiger partial charge in [0.1, 0.15) is 5.76 Å². The van der Waals surface area contributed by atoms with E-state index in [-0.39, 0.29) is 30.6 Å². The smallest absolute Gasteiger partial charge is 0.205 e. The van der Waals surface area contributed by atoms with Crippen molar-refractivity contribution in [3.05, 3.63) is 42.2 Å². The lowest BCUT2D eigenvalue weighted by molar-refractivity contribution is 0.317. The van der Waals surface area contributed by atoms with Gasteiger partial charge in [-0.05, 0) is 36.4 Å². The standard InChI is InChI=1S/C13H15N3O2.2ClH/c1-16(2)10-5-3-9(4-6-10)11-7-8-12(18-11)13(14)15-17;;/h3-8,17H,1-2H3,(H2,14,15);2*1H. The van der Waals surface area contributed by atoms with Crippen molar-refractivity contribution in [2.75, 3.05) is 19.0 Å². The molecule has 0 bridgehead atoms. The van der Waals surface area contributed by atoms with Crippen LogP contribution in [0.15, 0.2) is 46.0 Å². The van der Waals surface area contributed by atoms with Crippen LogP contribution in [0.3, 0.4) is 0 Å². The zero-order chi connectivity index (χ0) is 13.1. The molecule has 2 aromatic rings. The number of halogens is 2. The molecule has 20 heavy (non-hydrogen) atoms. The number of hydrogen-bond donors (Lipinski definition) is 2. The Labute approximate surface area is 129 Å². The van der Waals surface area contributed by atoms with Gasteiger partial charge in [-0.25, -0.2) is 0 Å². The van der Waals surface area contributed by atoms with E-state index in [9.17, 15) is 0 Å². The highest BCUT2D eigenvalue weighted by Gasteiger charge is 2.08. The topological polar surface area (TPSA) is 75.0 Å². The fourth-order valence-corrected chi connectivity index (χ4v) is 1.60. The minimum atomic E-state index is -0.0360. The van der Waals surface area contributed by atoms with E-state index in [0.29, 0.717) is 11.5 Å². The summed E-state index contributed by atoms with van der Waals surface area (Å²) in [5, 5.41) is 11.5. The lowest BCUT2D eigenvalue weighted by atomic mass is 10.1. The Bertz CT molecular complexity index is 565. The second-order valence-corrected chi connectivity index (χ2v) is 4.09. The molecule has 0 aliphatic heterocycles. The molecule has 1 aromatic carbocycles. The number of rotatable bonds is 3. The summed E-state index contributed by atoms with van der Waals surface area (Å²) in [6.07, 6.45) is 0. The van der Waals surface area contributed by atoms with E-state index in [1.165, 1.54) is 0 Å². The first-order chi connectivity index (χ1) is 8.61. The molecule has 0 saturated carbocycles. The van der Waals surface area contributed by atoms with Crippen LogP contribution < -0.4 is 10.6 Å². The fourth-order valence-electron chi connectivity index (χ4n) is 1.60. The summed E-state index contributed by atoms with van der Waals surface area (Å²) in [4.78, 5) is 2.02. The monoisotopic (exact) mass is 317 g/mol. The molecule has 1 aromatic heterocycles. The van der Waals surface area contributed by atoms with Gasteiger partial charge in [0.2, 0.25) is 5.84 Å². The summed E-state index contributed by atoms with van der Waals surface area (Å²) in [5.74, 6) is 0.997. The Balaban J connectivity index is 0.00000180. The van der Waals surface area contributed by atoms with Crippen molar-refractivity contribution < 1.29 is 9.62 Å². The van der Waals surface area contributed by atoms with Crippen molar-refractivity contribution >= 4 is 36.3 Å². The summed E-state index contributed by atoms with van der Waals surface area (Å²) < 4.78 is 5.49. The van der Waals surface area contributed by atoms with Crippen LogP contribution in [0.4, 0.5) is 5.69 Å². The second-order valence-electron chi connectivity index (χ2n) is 4.09. The van der Waals surface area contributed by atoms with E-state index in [0.717, 1.165) is 11.3 Å². The molecule has 0 amide bonds. The minimum Gasteiger partial charge on any atom is -0.453 e. The first kappa shape index (κ1) is 18.1. The van der Waals surface area contributed by atoms with Crippen LogP contribution in [0.5, 0.6) is 0 Å². The van der Waals surface area contributed by atoms with Crippen LogP contribution >= 0.6 is 24.8 Å². The number of nitrogens with two attached hydrogens (primary N) is 1. The Morgan fingerprint density at radius 2 is 1.70 bits per heavy atom. The van der Waals surface area contributed by atoms with Crippen molar-refractivity contribution in [1.82, 2.24) is 0 Å². The molecule has 5 nitrogen and oxygen atoms in total. The molecule has 0 saturated heterocycles. The predicted molar refractivity (Wildman–Crippen MR) is 85.5 cm³/mol. The molecular formula is C13H17Cl2N3O2. The summed E-state index contributed by atoms with van der Waals surface area (Å²) >= 11 is 0. The first-order valence-corrected chi connectivity index (χ1v) is 5.47. The predicted octanol–water partition coefficient (Wildman–Crippen LogP) is 2.95. The van der Waals surface area contributed by atoms with Crippen LogP contribution in [-0.4, -0.2) is 25.1 Å². The zero-order valence-electron chi connectivity index (χ0n) is 11.1. The average molecular weight is 318 g/mol. The zero-order valence-corrected chi connectivity index (χ0v) is 12.7. The van der Waals surface area contributed by atoms with E-state index in [1.807, 2.05) is 43.3 Å². The number of anilines is 1. The number of oxime groups is 1. The van der Waals surface area contributed by atoms with Gasteiger partial charge in [0.05, 0.1) is 0 Å². The van der Waals surface area contributed by atoms with Crippen molar-refractivity contribution in [2.24, 2.45) is 10.9 Å². The molecular weight excluding hydrogens is 301 g/mol. The van der Waals surface area contributed by atoms with Crippen LogP contribution in [0, 0.1) is 0 Å². The number of hydrogen-bond acceptors (Lipinski definition) is 4. The van der Waals surface area contributed by atoms with Gasteiger partial charge >= 0.3 is 0 Å². The van der Waals surface area contributed by atoms with Crippen molar-refractivity contribution in [1.29, 1.82) is 0 Å². The maximum Gasteiger partial charge on any atom is 0.205 e. The van der Waals surface area contributed by atoms with E-state index < -0.39 is 0 Å². The number of benzene rings is 1. The van der Waals surface area contributed by atoms with Gasteiger partial charge in [-0.15, -0.1) is 24.8 Å². The van der Waals surface area contributed by atoms with Gasteiger partial charge in [0.25, 0.3) is 0 Å². The lowest BCUT2D eigenvalue weighted by Gasteiger charge is -2.12. The second kappa shape index (κ2) is 7.67. The Kier molecular flexibility index (Phi) is 6.96. The molecule has 0 unspecified atom stereocenters. The summed E-state index contributed by atoms with van der Waals surface area (Å²) in [6, 6.07) is 11.4. The molecule has 3 N–H and O–H groups in total. The maximum atomic E-state index is 8.56. The highest BCUT2D eigenvalue weighted by atomic mass is 35.5. The summed E-state index contributed by atoms with van der Waals surface area (Å²) in [7, 11) is 3.97. The Hall–Kier alpha value is -1.85. The number of nitrogens with zero attached hydrogens (tertiary/aromatic N) is 2. The maximum absolute atomic E-state index is 8.56. The van der Waals surface area contributed by atoms with Gasteiger partial charge in [0.15, 0.2) is 5.76 Å². The van der Waals surface area contributed by atoms with E-state index >= 15 is 0 Å². The molecule has 0 aliphatic carbocycles. The van der Waals surface area contributed by atoms with Gasteiger partial charge < -0.3 is 20.3 Å². The van der Waals surface area contributed by atoms with E-state index in [4.69, 9.17) is 15.4 Å². The lowest BCUT2D eigenvalue weighted by Crippen LogP contribution is -2.11. The van der Waals surface area contributed by atoms with E-state index in [2.05, 4.69) is 5.16 Å². The normalized spacial score (nSPS) is 10.4. The minimum absolute atomic E-state index is 0. The summed E-state index contributed by atoms with van der Waals surface area (Å²) in [6.45, 7) is 0. The Morgan fingerprint density at radius 3 is 2.20 bits per heavy atom. The van der Waals surface area contributed by atoms with Crippen LogP contribution in [0.1, 0.15) is 5.76 Å². The largest absolute Gasteiger partial charge is 0.453 e. The van der Waals surface area contributed by atoms with Gasteiger partial charge in [-0.1, -0.05) is 5.16 Å². The molecule has 0 aliphatic rings. The molecule has 2 rings (SSSR count). The van der Waals surface area contributed by atoms with Crippen LogP contribution in [0.2, 0.25) is 0 Å². The molecule has 0 atom stereocenters. The first-order valence-electron chi connectivity index (χ1n) is 5.47. The van der Waals surface area contributed by atoms with Crippen molar-refractivity contribution in [3.8, 4) is 11.3 Å². The molecule has 110 valence electrons. The molecule has 7 heteroatoms. The molecule has 0 spiro atoms. The molecule has 0 fully saturated rings. The number of furan rings is 1. The van der Waals surface area contributed by atoms with E-state index in [1.54, 1.807) is 12.1 Å². The Morgan fingerprint density at radius 1 is 1.10 bits per heavy atom. The van der Waals surface area contributed by atoms with Gasteiger partial charge in [-0.2, -0.15) is 0 Å². The average Bonchev–Trinajstić information content (AvgIpc) is 2.87. The quantitative estimate of drug-likeness (QED) is 0.395. The van der Waals surface area contributed by atoms with Crippen LogP contribution in [0.25, 0.3) is 11.3 Å². The third-order valence-electron chi connectivity index (χ3n) is 2.63. The number of amidine groups is 1. The fraction of sp³-hybridized carbons (Fsp3) is 0.154. The van der Waals surface area contributed by atoms with Crippen molar-refractivity contribution in [3.63, 3.8) is 0 Å². The molecule has 0 radical (unpaired) electrons. The summed E-state index contributed by atoms with van der Waals surface area (Å²) in [5.41, 5.74) is 7.50. The van der Waals surface area contributed by atoms with Gasteiger partial charge in [-0.3, -0.25) is 0 Å². The van der Waals surface area contributed by atoms with Crippen LogP contribution in [-0.2, 0) is 0 Å². The highest BCUT2D eigenvalue weighted by Crippen LogP contribution is 2.24. The highest BCUT2D eigenvalue weighted by molar-refractivity contribution is 5.94.